The minimum Gasteiger partial charge on any atom is -0.381 e. The van der Waals surface area contributed by atoms with Crippen molar-refractivity contribution < 1.29 is 4.74 Å². The highest BCUT2D eigenvalue weighted by molar-refractivity contribution is 5.10. The average molecular weight is 319 g/mol. The zero-order chi connectivity index (χ0) is 16.4. The first-order valence-electron chi connectivity index (χ1n) is 10.4. The Morgan fingerprint density at radius 2 is 1.52 bits per heavy atom. The van der Waals surface area contributed by atoms with Gasteiger partial charge in [0.1, 0.15) is 0 Å². The normalized spacial score (nSPS) is 59.1. The van der Waals surface area contributed by atoms with Gasteiger partial charge in [-0.05, 0) is 91.3 Å². The van der Waals surface area contributed by atoms with Gasteiger partial charge in [0.15, 0.2) is 0 Å². The van der Waals surface area contributed by atoms with Gasteiger partial charge in [-0.3, -0.25) is 0 Å². The van der Waals surface area contributed by atoms with E-state index < -0.39 is 0 Å². The predicted octanol–water partition coefficient (Wildman–Crippen LogP) is 5.93. The summed E-state index contributed by atoms with van der Waals surface area (Å²) in [5.74, 6) is 5.81. The molecule has 0 aliphatic heterocycles. The lowest BCUT2D eigenvalue weighted by Crippen LogP contribution is -2.56. The molecule has 7 unspecified atom stereocenters. The molecule has 4 fully saturated rings. The zero-order valence-electron chi connectivity index (χ0n) is 16.1. The number of hydrogen-bond donors (Lipinski definition) is 0. The molecule has 0 aromatic rings. The Hall–Kier alpha value is -0.0400. The summed E-state index contributed by atoms with van der Waals surface area (Å²) in [7, 11) is 1.95. The van der Waals surface area contributed by atoms with Crippen LogP contribution in [0.15, 0.2) is 0 Å². The smallest absolute Gasteiger partial charge is 0.0627 e. The Balaban J connectivity index is 1.66. The van der Waals surface area contributed by atoms with E-state index in [0.29, 0.717) is 16.9 Å². The van der Waals surface area contributed by atoms with Crippen molar-refractivity contribution in [2.24, 2.45) is 46.3 Å². The van der Waals surface area contributed by atoms with Crippen LogP contribution in [0.5, 0.6) is 0 Å². The van der Waals surface area contributed by atoms with Crippen LogP contribution < -0.4 is 0 Å². The average Bonchev–Trinajstić information content (AvgIpc) is 2.85. The second-order valence-corrected chi connectivity index (χ2v) is 10.4. The molecule has 4 aliphatic rings. The van der Waals surface area contributed by atoms with E-state index in [0.717, 1.165) is 35.5 Å². The van der Waals surface area contributed by atoms with E-state index in [-0.39, 0.29) is 0 Å². The molecule has 0 amide bonds. The Kier molecular flexibility index (Phi) is 3.91. The molecule has 0 spiro atoms. The summed E-state index contributed by atoms with van der Waals surface area (Å²) in [6.07, 6.45) is 12.2. The van der Waals surface area contributed by atoms with Crippen LogP contribution in [0.2, 0.25) is 0 Å². The van der Waals surface area contributed by atoms with E-state index in [1.807, 2.05) is 7.11 Å². The minimum absolute atomic E-state index is 0.468. The molecule has 0 heterocycles. The first kappa shape index (κ1) is 16.4. The van der Waals surface area contributed by atoms with Crippen molar-refractivity contribution in [1.29, 1.82) is 0 Å². The van der Waals surface area contributed by atoms with Gasteiger partial charge in [0.25, 0.3) is 0 Å². The summed E-state index contributed by atoms with van der Waals surface area (Å²) in [5.41, 5.74) is 1.12. The number of fused-ring (bicyclic) bond motifs is 5. The molecule has 0 aromatic carbocycles. The summed E-state index contributed by atoms with van der Waals surface area (Å²) in [6, 6.07) is 0. The molecule has 9 atom stereocenters. The predicted molar refractivity (Wildman–Crippen MR) is 96.2 cm³/mol. The monoisotopic (exact) mass is 318 g/mol. The quantitative estimate of drug-likeness (QED) is 0.582. The molecule has 0 bridgehead atoms. The van der Waals surface area contributed by atoms with Crippen LogP contribution in [0, 0.1) is 46.3 Å². The lowest BCUT2D eigenvalue weighted by atomic mass is 9.42. The molecular formula is C22H38O. The molecule has 4 aliphatic carbocycles. The maximum absolute atomic E-state index is 5.94. The first-order valence-corrected chi connectivity index (χ1v) is 10.4. The fourth-order valence-electron chi connectivity index (χ4n) is 8.19. The van der Waals surface area contributed by atoms with Crippen LogP contribution in [-0.2, 0) is 4.74 Å². The fourth-order valence-corrected chi connectivity index (χ4v) is 8.19. The lowest BCUT2D eigenvalue weighted by molar-refractivity contribution is -0.150. The van der Waals surface area contributed by atoms with Crippen molar-refractivity contribution in [3.05, 3.63) is 0 Å². The van der Waals surface area contributed by atoms with Crippen LogP contribution in [0.25, 0.3) is 0 Å². The van der Waals surface area contributed by atoms with Gasteiger partial charge in [-0.25, -0.2) is 0 Å². The molecule has 0 radical (unpaired) electrons. The second-order valence-electron chi connectivity index (χ2n) is 10.4. The van der Waals surface area contributed by atoms with Crippen LogP contribution >= 0.6 is 0 Å². The molecule has 0 N–H and O–H groups in total. The summed E-state index contributed by atoms with van der Waals surface area (Å²) < 4.78 is 5.94. The number of ether oxygens (including phenoxy) is 1. The Bertz CT molecular complexity index is 459. The topological polar surface area (TPSA) is 9.23 Å². The van der Waals surface area contributed by atoms with E-state index in [1.165, 1.54) is 51.4 Å². The molecule has 132 valence electrons. The maximum Gasteiger partial charge on any atom is 0.0627 e. The van der Waals surface area contributed by atoms with Gasteiger partial charge in [0.05, 0.1) is 6.10 Å². The van der Waals surface area contributed by atoms with Gasteiger partial charge in [-0.15, -0.1) is 0 Å². The van der Waals surface area contributed by atoms with Crippen molar-refractivity contribution in [3.8, 4) is 0 Å². The van der Waals surface area contributed by atoms with E-state index >= 15 is 0 Å². The molecule has 1 heteroatoms. The van der Waals surface area contributed by atoms with E-state index in [1.54, 1.807) is 0 Å². The number of rotatable bonds is 1. The highest BCUT2D eigenvalue weighted by Crippen LogP contribution is 2.68. The minimum atomic E-state index is 0.468. The zero-order valence-corrected chi connectivity index (χ0v) is 16.1. The summed E-state index contributed by atoms with van der Waals surface area (Å²) >= 11 is 0. The van der Waals surface area contributed by atoms with E-state index in [2.05, 4.69) is 27.7 Å². The third kappa shape index (κ3) is 2.21. The van der Waals surface area contributed by atoms with Crippen LogP contribution in [0.4, 0.5) is 0 Å². The van der Waals surface area contributed by atoms with Crippen molar-refractivity contribution in [2.45, 2.75) is 85.2 Å². The van der Waals surface area contributed by atoms with Gasteiger partial charge in [-0.1, -0.05) is 34.1 Å². The Labute approximate surface area is 143 Å². The fraction of sp³-hybridized carbons (Fsp3) is 1.00. The highest BCUT2D eigenvalue weighted by Gasteiger charge is 2.61. The molecular weight excluding hydrogens is 280 g/mol. The van der Waals surface area contributed by atoms with Gasteiger partial charge < -0.3 is 4.74 Å². The summed E-state index contributed by atoms with van der Waals surface area (Å²) in [6.45, 7) is 10.4. The standard InChI is InChI=1S/C22H38O/c1-14-8-10-21(3)16(12-14)13-15(2)20-17-6-7-19(23-5)22(17,4)11-9-18(20)21/h14-20H,6-13H2,1-5H3/t14?,15-,16?,17?,18?,19-,20?,21?,22?/m0/s1. The highest BCUT2D eigenvalue weighted by atomic mass is 16.5. The largest absolute Gasteiger partial charge is 0.381 e. The third-order valence-corrected chi connectivity index (χ3v) is 9.49. The summed E-state index contributed by atoms with van der Waals surface area (Å²) in [5, 5.41) is 0. The number of hydrogen-bond acceptors (Lipinski definition) is 1. The molecule has 1 nitrogen and oxygen atoms in total. The molecule has 23 heavy (non-hydrogen) atoms. The van der Waals surface area contributed by atoms with Crippen LogP contribution in [-0.4, -0.2) is 13.2 Å². The second kappa shape index (κ2) is 5.48. The SMILES string of the molecule is CO[C@H]1CCC2C3C(CCC21C)C1(C)CCC(C)CC1C[C@@H]3C. The van der Waals surface area contributed by atoms with E-state index in [9.17, 15) is 0 Å². The molecule has 4 saturated carbocycles. The molecule has 0 saturated heterocycles. The Morgan fingerprint density at radius 1 is 0.826 bits per heavy atom. The van der Waals surface area contributed by atoms with Crippen molar-refractivity contribution in [2.75, 3.05) is 7.11 Å². The Morgan fingerprint density at radius 3 is 2.26 bits per heavy atom. The van der Waals surface area contributed by atoms with Gasteiger partial charge >= 0.3 is 0 Å². The molecule has 0 aromatic heterocycles. The van der Waals surface area contributed by atoms with Crippen molar-refractivity contribution in [1.82, 2.24) is 0 Å². The van der Waals surface area contributed by atoms with Gasteiger partial charge in [0.2, 0.25) is 0 Å². The van der Waals surface area contributed by atoms with Gasteiger partial charge in [-0.2, -0.15) is 0 Å². The number of methoxy groups -OCH3 is 1. The summed E-state index contributed by atoms with van der Waals surface area (Å²) in [4.78, 5) is 0. The molecule has 4 rings (SSSR count). The lowest BCUT2D eigenvalue weighted by Gasteiger charge is -2.63. The van der Waals surface area contributed by atoms with Gasteiger partial charge in [0, 0.05) is 7.11 Å². The van der Waals surface area contributed by atoms with Crippen molar-refractivity contribution >= 4 is 0 Å². The van der Waals surface area contributed by atoms with E-state index in [4.69, 9.17) is 4.74 Å². The maximum atomic E-state index is 5.94. The third-order valence-electron chi connectivity index (χ3n) is 9.49. The van der Waals surface area contributed by atoms with Crippen molar-refractivity contribution in [3.63, 3.8) is 0 Å². The first-order chi connectivity index (χ1) is 10.9. The van der Waals surface area contributed by atoms with Crippen LogP contribution in [0.1, 0.15) is 79.1 Å². The van der Waals surface area contributed by atoms with Crippen LogP contribution in [0.3, 0.4) is 0 Å².